The zero-order valence-electron chi connectivity index (χ0n) is 7.37. The van der Waals surface area contributed by atoms with Gasteiger partial charge in [-0.1, -0.05) is 46.3 Å². The first-order valence-corrected chi connectivity index (χ1v) is 4.92. The first-order chi connectivity index (χ1) is 6.34. The molecule has 1 nitrogen and oxygen atoms in total. The van der Waals surface area contributed by atoms with E-state index in [1.165, 1.54) is 0 Å². The summed E-state index contributed by atoms with van der Waals surface area (Å²) < 4.78 is 6.18. The average Bonchev–Trinajstić information content (AvgIpc) is 2.15. The topological polar surface area (TPSA) is 9.23 Å². The van der Waals surface area contributed by atoms with Crippen molar-refractivity contribution >= 4 is 22.0 Å². The van der Waals surface area contributed by atoms with Gasteiger partial charge in [0.05, 0.1) is 6.61 Å². The SMILES string of the molecule is [CH2]COCC=Cc1ccccc1Br. The normalized spacial score (nSPS) is 10.9. The van der Waals surface area contributed by atoms with Crippen LogP contribution in [0.15, 0.2) is 34.8 Å². The molecule has 0 aromatic heterocycles. The van der Waals surface area contributed by atoms with Crippen molar-refractivity contribution in [2.45, 2.75) is 0 Å². The first-order valence-electron chi connectivity index (χ1n) is 4.12. The molecule has 0 spiro atoms. The van der Waals surface area contributed by atoms with Gasteiger partial charge in [-0.3, -0.25) is 0 Å². The molecule has 0 amide bonds. The zero-order valence-corrected chi connectivity index (χ0v) is 8.96. The van der Waals surface area contributed by atoms with Crippen LogP contribution in [0.2, 0.25) is 0 Å². The van der Waals surface area contributed by atoms with Gasteiger partial charge in [-0.05, 0) is 18.6 Å². The molecule has 1 radical (unpaired) electrons. The lowest BCUT2D eigenvalue weighted by Gasteiger charge is -1.97. The minimum Gasteiger partial charge on any atom is -0.377 e. The quantitative estimate of drug-likeness (QED) is 0.733. The predicted octanol–water partition coefficient (Wildman–Crippen LogP) is 3.31. The highest BCUT2D eigenvalue weighted by atomic mass is 79.9. The van der Waals surface area contributed by atoms with Crippen molar-refractivity contribution in [1.82, 2.24) is 0 Å². The van der Waals surface area contributed by atoms with Crippen molar-refractivity contribution < 1.29 is 4.74 Å². The number of rotatable bonds is 4. The van der Waals surface area contributed by atoms with Crippen molar-refractivity contribution in [2.24, 2.45) is 0 Å². The Labute approximate surface area is 87.5 Å². The fourth-order valence-corrected chi connectivity index (χ4v) is 1.35. The second-order valence-corrected chi connectivity index (χ2v) is 3.35. The highest BCUT2D eigenvalue weighted by molar-refractivity contribution is 9.10. The van der Waals surface area contributed by atoms with Gasteiger partial charge in [0, 0.05) is 11.1 Å². The van der Waals surface area contributed by atoms with Crippen LogP contribution in [-0.4, -0.2) is 13.2 Å². The van der Waals surface area contributed by atoms with Gasteiger partial charge in [0.25, 0.3) is 0 Å². The Morgan fingerprint density at radius 2 is 2.15 bits per heavy atom. The summed E-state index contributed by atoms with van der Waals surface area (Å²) in [5.74, 6) is 0. The van der Waals surface area contributed by atoms with E-state index in [1.54, 1.807) is 0 Å². The fourth-order valence-electron chi connectivity index (χ4n) is 0.937. The number of ether oxygens (including phenoxy) is 1. The van der Waals surface area contributed by atoms with E-state index in [-0.39, 0.29) is 0 Å². The molecule has 13 heavy (non-hydrogen) atoms. The summed E-state index contributed by atoms with van der Waals surface area (Å²) in [6.45, 7) is 4.71. The van der Waals surface area contributed by atoms with Gasteiger partial charge in [-0.2, -0.15) is 0 Å². The molecule has 0 heterocycles. The molecule has 1 rings (SSSR count). The Hall–Kier alpha value is -0.600. The summed E-state index contributed by atoms with van der Waals surface area (Å²) >= 11 is 3.46. The van der Waals surface area contributed by atoms with Crippen LogP contribution in [0.3, 0.4) is 0 Å². The molecule has 0 saturated carbocycles. The zero-order chi connectivity index (χ0) is 9.52. The predicted molar refractivity (Wildman–Crippen MR) is 59.4 cm³/mol. The Morgan fingerprint density at radius 3 is 2.85 bits per heavy atom. The molecule has 0 N–H and O–H groups in total. The Kier molecular flexibility index (Phi) is 4.79. The second-order valence-electron chi connectivity index (χ2n) is 2.50. The third-order valence-corrected chi connectivity index (χ3v) is 2.28. The Morgan fingerprint density at radius 1 is 1.38 bits per heavy atom. The molecule has 0 bridgehead atoms. The third-order valence-electron chi connectivity index (χ3n) is 1.56. The van der Waals surface area contributed by atoms with Crippen molar-refractivity contribution in [3.05, 3.63) is 47.3 Å². The highest BCUT2D eigenvalue weighted by Gasteiger charge is 1.91. The Balaban J connectivity index is 2.53. The Bertz CT molecular complexity index is 281. The molecule has 0 fully saturated rings. The third kappa shape index (κ3) is 3.75. The minimum absolute atomic E-state index is 0.514. The van der Waals surface area contributed by atoms with Gasteiger partial charge >= 0.3 is 0 Å². The molecule has 69 valence electrons. The lowest BCUT2D eigenvalue weighted by Crippen LogP contribution is -1.88. The molecule has 0 aliphatic carbocycles. The van der Waals surface area contributed by atoms with Gasteiger partial charge < -0.3 is 4.74 Å². The van der Waals surface area contributed by atoms with Crippen molar-refractivity contribution in [1.29, 1.82) is 0 Å². The maximum atomic E-state index is 5.08. The van der Waals surface area contributed by atoms with Crippen molar-refractivity contribution in [3.63, 3.8) is 0 Å². The first kappa shape index (κ1) is 10.5. The van der Waals surface area contributed by atoms with E-state index < -0.39 is 0 Å². The van der Waals surface area contributed by atoms with Crippen LogP contribution >= 0.6 is 15.9 Å². The van der Waals surface area contributed by atoms with Gasteiger partial charge in [-0.25, -0.2) is 0 Å². The molecule has 1 aromatic rings. The lowest BCUT2D eigenvalue weighted by atomic mass is 10.2. The van der Waals surface area contributed by atoms with E-state index in [1.807, 2.05) is 36.4 Å². The molecule has 0 aliphatic rings. The van der Waals surface area contributed by atoms with Crippen LogP contribution in [0, 0.1) is 6.92 Å². The molecular formula is C11H12BrO. The smallest absolute Gasteiger partial charge is 0.0650 e. The van der Waals surface area contributed by atoms with E-state index in [4.69, 9.17) is 4.74 Å². The van der Waals surface area contributed by atoms with Crippen LogP contribution in [0.4, 0.5) is 0 Å². The summed E-state index contributed by atoms with van der Waals surface area (Å²) in [4.78, 5) is 0. The van der Waals surface area contributed by atoms with Crippen LogP contribution in [0.1, 0.15) is 5.56 Å². The summed E-state index contributed by atoms with van der Waals surface area (Å²) in [6.07, 6.45) is 4.00. The van der Waals surface area contributed by atoms with E-state index in [9.17, 15) is 0 Å². The number of hydrogen-bond donors (Lipinski definition) is 0. The monoisotopic (exact) mass is 239 g/mol. The molecule has 0 saturated heterocycles. The largest absolute Gasteiger partial charge is 0.377 e. The van der Waals surface area contributed by atoms with Crippen molar-refractivity contribution in [3.8, 4) is 0 Å². The molecule has 0 atom stereocenters. The van der Waals surface area contributed by atoms with E-state index >= 15 is 0 Å². The van der Waals surface area contributed by atoms with E-state index in [0.717, 1.165) is 10.0 Å². The van der Waals surface area contributed by atoms with Crippen LogP contribution < -0.4 is 0 Å². The minimum atomic E-state index is 0.514. The van der Waals surface area contributed by atoms with Gasteiger partial charge in [0.1, 0.15) is 0 Å². The van der Waals surface area contributed by atoms with Crippen LogP contribution in [0.25, 0.3) is 6.08 Å². The molecule has 0 unspecified atom stereocenters. The lowest BCUT2D eigenvalue weighted by molar-refractivity contribution is 0.193. The maximum absolute atomic E-state index is 5.08. The summed E-state index contributed by atoms with van der Waals surface area (Å²) in [5, 5.41) is 0. The highest BCUT2D eigenvalue weighted by Crippen LogP contribution is 2.16. The summed E-state index contributed by atoms with van der Waals surface area (Å²) in [7, 11) is 0. The molecule has 1 aromatic carbocycles. The average molecular weight is 240 g/mol. The van der Waals surface area contributed by atoms with Crippen molar-refractivity contribution in [2.75, 3.05) is 13.2 Å². The van der Waals surface area contributed by atoms with Crippen LogP contribution in [-0.2, 0) is 4.74 Å². The standard InChI is InChI=1S/C11H12BrO/c1-2-13-9-5-7-10-6-3-4-8-11(10)12/h3-8H,1-2,9H2. The summed E-state index contributed by atoms with van der Waals surface area (Å²) in [5.41, 5.74) is 1.16. The van der Waals surface area contributed by atoms with E-state index in [0.29, 0.717) is 13.2 Å². The number of hydrogen-bond acceptors (Lipinski definition) is 1. The maximum Gasteiger partial charge on any atom is 0.0650 e. The molecule has 0 aliphatic heterocycles. The van der Waals surface area contributed by atoms with Crippen LogP contribution in [0.5, 0.6) is 0 Å². The molecular weight excluding hydrogens is 228 g/mol. The van der Waals surface area contributed by atoms with Gasteiger partial charge in [0.2, 0.25) is 0 Å². The van der Waals surface area contributed by atoms with Gasteiger partial charge in [-0.15, -0.1) is 0 Å². The van der Waals surface area contributed by atoms with E-state index in [2.05, 4.69) is 22.9 Å². The summed E-state index contributed by atoms with van der Waals surface area (Å²) in [6, 6.07) is 8.06. The fraction of sp³-hybridized carbons (Fsp3) is 0.182. The molecule has 2 heteroatoms. The number of benzene rings is 1. The number of halogens is 1. The second kappa shape index (κ2) is 5.95. The van der Waals surface area contributed by atoms with Gasteiger partial charge in [0.15, 0.2) is 0 Å².